The number of amides is 1. The molecule has 1 N–H and O–H groups in total. The molecule has 0 radical (unpaired) electrons. The molecule has 1 aliphatic rings. The molecule has 1 amide bonds. The molecule has 0 spiro atoms. The highest BCUT2D eigenvalue weighted by Gasteiger charge is 2.28. The number of nitrogens with zero attached hydrogens (tertiary/aromatic N) is 2. The van der Waals surface area contributed by atoms with Crippen LogP contribution in [0.4, 0.5) is 0 Å². The van der Waals surface area contributed by atoms with Gasteiger partial charge in [0, 0.05) is 12.1 Å². The van der Waals surface area contributed by atoms with E-state index in [1.807, 2.05) is 6.92 Å². The van der Waals surface area contributed by atoms with Crippen LogP contribution in [0.3, 0.4) is 0 Å². The van der Waals surface area contributed by atoms with Crippen molar-refractivity contribution in [1.29, 1.82) is 0 Å². The average molecular weight is 319 g/mol. The Balaban J connectivity index is 1.90. The molecule has 0 aromatic carbocycles. The molecule has 128 valence electrons. The molecule has 1 saturated carbocycles. The van der Waals surface area contributed by atoms with E-state index in [1.54, 1.807) is 6.07 Å². The van der Waals surface area contributed by atoms with E-state index in [2.05, 4.69) is 31.2 Å². The number of rotatable bonds is 3. The van der Waals surface area contributed by atoms with Crippen LogP contribution in [0.15, 0.2) is 16.9 Å². The Hall–Kier alpha value is -1.65. The molecule has 0 unspecified atom stereocenters. The quantitative estimate of drug-likeness (QED) is 0.871. The van der Waals surface area contributed by atoms with E-state index in [0.717, 1.165) is 31.4 Å². The van der Waals surface area contributed by atoms with Crippen LogP contribution in [0.1, 0.15) is 58.6 Å². The second-order valence-electron chi connectivity index (χ2n) is 7.81. The van der Waals surface area contributed by atoms with Crippen molar-refractivity contribution < 1.29 is 4.79 Å². The lowest BCUT2D eigenvalue weighted by atomic mass is 9.76. The molecule has 2 rings (SSSR count). The minimum absolute atomic E-state index is 0.000285. The highest BCUT2D eigenvalue weighted by atomic mass is 16.2. The van der Waals surface area contributed by atoms with Crippen LogP contribution in [-0.2, 0) is 11.3 Å². The first-order valence-electron chi connectivity index (χ1n) is 8.60. The van der Waals surface area contributed by atoms with Gasteiger partial charge >= 0.3 is 0 Å². The molecule has 0 aliphatic heterocycles. The summed E-state index contributed by atoms with van der Waals surface area (Å²) in [6.45, 7) is 8.71. The van der Waals surface area contributed by atoms with Crippen LogP contribution in [0.5, 0.6) is 0 Å². The zero-order valence-corrected chi connectivity index (χ0v) is 14.8. The third-order valence-electron chi connectivity index (χ3n) is 4.85. The van der Waals surface area contributed by atoms with Crippen LogP contribution in [0.2, 0.25) is 0 Å². The maximum Gasteiger partial charge on any atom is 0.267 e. The van der Waals surface area contributed by atoms with E-state index in [-0.39, 0.29) is 24.1 Å². The van der Waals surface area contributed by atoms with E-state index in [1.165, 1.54) is 17.2 Å². The van der Waals surface area contributed by atoms with Crippen LogP contribution in [0.25, 0.3) is 0 Å². The lowest BCUT2D eigenvalue weighted by Crippen LogP contribution is -2.39. The van der Waals surface area contributed by atoms with Gasteiger partial charge in [0.25, 0.3) is 5.56 Å². The fourth-order valence-corrected chi connectivity index (χ4v) is 3.39. The van der Waals surface area contributed by atoms with Crippen molar-refractivity contribution in [2.75, 3.05) is 0 Å². The first kappa shape index (κ1) is 17.7. The molecule has 0 saturated heterocycles. The van der Waals surface area contributed by atoms with Crippen LogP contribution < -0.4 is 10.9 Å². The maximum atomic E-state index is 12.2. The molecule has 5 heteroatoms. The van der Waals surface area contributed by atoms with Crippen molar-refractivity contribution in [3.63, 3.8) is 0 Å². The molecule has 1 aromatic heterocycles. The Morgan fingerprint density at radius 2 is 2.00 bits per heavy atom. The van der Waals surface area contributed by atoms with Gasteiger partial charge in [0.15, 0.2) is 0 Å². The standard InChI is InChI=1S/C18H29N3O2/c1-13-8-11-17(23)21(20-13)12-16(22)19-15-7-5-6-14(9-10-15)18(2,3)4/h8,11,14-15H,5-7,9-10,12H2,1-4H3,(H,19,22)/t14-,15-/m0/s1. The summed E-state index contributed by atoms with van der Waals surface area (Å²) < 4.78 is 1.24. The number of carbonyl (C=O) groups is 1. The Bertz CT molecular complexity index is 601. The van der Waals surface area contributed by atoms with Gasteiger partial charge in [0.05, 0.1) is 5.69 Å². The molecule has 2 atom stereocenters. The van der Waals surface area contributed by atoms with Gasteiger partial charge < -0.3 is 5.32 Å². The summed E-state index contributed by atoms with van der Waals surface area (Å²) in [7, 11) is 0. The molecule has 1 fully saturated rings. The number of hydrogen-bond donors (Lipinski definition) is 1. The summed E-state index contributed by atoms with van der Waals surface area (Å²) in [6, 6.07) is 3.33. The second-order valence-corrected chi connectivity index (χ2v) is 7.81. The molecular weight excluding hydrogens is 290 g/mol. The maximum absolute atomic E-state index is 12.2. The fourth-order valence-electron chi connectivity index (χ4n) is 3.39. The number of aryl methyl sites for hydroxylation is 1. The van der Waals surface area contributed by atoms with Crippen molar-refractivity contribution in [2.45, 2.75) is 72.4 Å². The molecule has 0 bridgehead atoms. The monoisotopic (exact) mass is 319 g/mol. The van der Waals surface area contributed by atoms with E-state index >= 15 is 0 Å². The van der Waals surface area contributed by atoms with Gasteiger partial charge in [-0.3, -0.25) is 9.59 Å². The van der Waals surface area contributed by atoms with Gasteiger partial charge in [0.1, 0.15) is 6.54 Å². The number of hydrogen-bond acceptors (Lipinski definition) is 3. The van der Waals surface area contributed by atoms with Gasteiger partial charge in [-0.2, -0.15) is 5.10 Å². The zero-order valence-electron chi connectivity index (χ0n) is 14.8. The van der Waals surface area contributed by atoms with Crippen molar-refractivity contribution in [1.82, 2.24) is 15.1 Å². The van der Waals surface area contributed by atoms with Gasteiger partial charge in [0.2, 0.25) is 5.91 Å². The summed E-state index contributed by atoms with van der Waals surface area (Å²) >= 11 is 0. The number of nitrogens with one attached hydrogen (secondary N) is 1. The first-order chi connectivity index (χ1) is 10.8. The van der Waals surface area contributed by atoms with Gasteiger partial charge in [-0.25, -0.2) is 4.68 Å². The molecule has 1 heterocycles. The highest BCUT2D eigenvalue weighted by Crippen LogP contribution is 2.36. The van der Waals surface area contributed by atoms with Crippen molar-refractivity contribution in [2.24, 2.45) is 11.3 Å². The smallest absolute Gasteiger partial charge is 0.267 e. The SMILES string of the molecule is Cc1ccc(=O)n(CC(=O)N[C@H]2CCC[C@H](C(C)(C)C)CC2)n1. The van der Waals surface area contributed by atoms with Crippen molar-refractivity contribution >= 4 is 5.91 Å². The Labute approximate surface area is 138 Å². The van der Waals surface area contributed by atoms with E-state index < -0.39 is 0 Å². The Kier molecular flexibility index (Phi) is 5.60. The topological polar surface area (TPSA) is 64.0 Å². The van der Waals surface area contributed by atoms with Crippen molar-refractivity contribution in [3.8, 4) is 0 Å². The Morgan fingerprint density at radius 3 is 2.70 bits per heavy atom. The minimum atomic E-state index is -0.237. The van der Waals surface area contributed by atoms with Gasteiger partial charge in [-0.05, 0) is 50.0 Å². The van der Waals surface area contributed by atoms with Crippen LogP contribution in [-0.4, -0.2) is 21.7 Å². The lowest BCUT2D eigenvalue weighted by molar-refractivity contribution is -0.122. The predicted octanol–water partition coefficient (Wildman–Crippen LogP) is 2.66. The molecule has 5 nitrogen and oxygen atoms in total. The normalized spacial score (nSPS) is 22.4. The van der Waals surface area contributed by atoms with E-state index in [0.29, 0.717) is 11.3 Å². The summed E-state index contributed by atoms with van der Waals surface area (Å²) in [4.78, 5) is 24.0. The summed E-state index contributed by atoms with van der Waals surface area (Å²) in [5.41, 5.74) is 0.830. The van der Waals surface area contributed by atoms with E-state index in [9.17, 15) is 9.59 Å². The fraction of sp³-hybridized carbons (Fsp3) is 0.722. The second kappa shape index (κ2) is 7.28. The first-order valence-corrected chi connectivity index (χ1v) is 8.60. The lowest BCUT2D eigenvalue weighted by Gasteiger charge is -2.29. The summed E-state index contributed by atoms with van der Waals surface area (Å²) in [5, 5.41) is 7.20. The minimum Gasteiger partial charge on any atom is -0.352 e. The zero-order chi connectivity index (χ0) is 17.0. The number of carbonyl (C=O) groups excluding carboxylic acids is 1. The van der Waals surface area contributed by atoms with Gasteiger partial charge in [-0.1, -0.05) is 27.2 Å². The molecule has 1 aromatic rings. The van der Waals surface area contributed by atoms with E-state index in [4.69, 9.17) is 0 Å². The predicted molar refractivity (Wildman–Crippen MR) is 91.2 cm³/mol. The average Bonchev–Trinajstić information content (AvgIpc) is 2.68. The Morgan fingerprint density at radius 1 is 1.26 bits per heavy atom. The summed E-state index contributed by atoms with van der Waals surface area (Å²) in [6.07, 6.45) is 5.57. The van der Waals surface area contributed by atoms with Crippen LogP contribution >= 0.6 is 0 Å². The summed E-state index contributed by atoms with van der Waals surface area (Å²) in [5.74, 6) is 0.592. The highest BCUT2D eigenvalue weighted by molar-refractivity contribution is 5.75. The number of aromatic nitrogens is 2. The molecule has 23 heavy (non-hydrogen) atoms. The molecular formula is C18H29N3O2. The largest absolute Gasteiger partial charge is 0.352 e. The van der Waals surface area contributed by atoms with Gasteiger partial charge in [-0.15, -0.1) is 0 Å². The van der Waals surface area contributed by atoms with Crippen LogP contribution in [0, 0.1) is 18.3 Å². The molecule has 1 aliphatic carbocycles. The van der Waals surface area contributed by atoms with Crippen molar-refractivity contribution in [3.05, 3.63) is 28.2 Å². The third kappa shape index (κ3) is 5.19. The third-order valence-corrected chi connectivity index (χ3v) is 4.85.